The molecule has 0 saturated carbocycles. The number of nitrogens with one attached hydrogen (secondary N) is 1. The van der Waals surface area contributed by atoms with Crippen LogP contribution in [0.2, 0.25) is 0 Å². The molecule has 104 valence electrons. The summed E-state index contributed by atoms with van der Waals surface area (Å²) in [6.45, 7) is 0.556. The van der Waals surface area contributed by atoms with Crippen LogP contribution >= 0.6 is 39.5 Å². The van der Waals surface area contributed by atoms with Crippen LogP contribution in [0.4, 0.5) is 0 Å². The number of hydrogen-bond acceptors (Lipinski definition) is 3. The number of nitrogens with two attached hydrogens (primary N) is 1. The third-order valence-corrected chi connectivity index (χ3v) is 4.62. The van der Waals surface area contributed by atoms with Crippen molar-refractivity contribution in [2.24, 2.45) is 5.73 Å². The van der Waals surface area contributed by atoms with E-state index in [-0.39, 0.29) is 5.91 Å². The zero-order chi connectivity index (χ0) is 14.5. The number of hydrogen-bond donors (Lipinski definition) is 2. The first-order chi connectivity index (χ1) is 9.54. The summed E-state index contributed by atoms with van der Waals surface area (Å²) in [7, 11) is 0. The number of thiophene rings is 1. The fourth-order valence-electron chi connectivity index (χ4n) is 1.67. The summed E-state index contributed by atoms with van der Waals surface area (Å²) in [5, 5.41) is 4.89. The fourth-order valence-corrected chi connectivity index (χ4v) is 3.19. The maximum atomic E-state index is 11.8. The van der Waals surface area contributed by atoms with Crippen molar-refractivity contribution < 1.29 is 4.79 Å². The SMILES string of the molecule is NC(=S)c1ccc(CC(=O)NCc2cc(Br)cs2)cc1. The highest BCUT2D eigenvalue weighted by atomic mass is 79.9. The molecule has 0 aliphatic rings. The van der Waals surface area contributed by atoms with E-state index in [0.29, 0.717) is 18.0 Å². The molecular formula is C14H13BrN2OS2. The monoisotopic (exact) mass is 368 g/mol. The van der Waals surface area contributed by atoms with E-state index in [4.69, 9.17) is 18.0 Å². The van der Waals surface area contributed by atoms with Gasteiger partial charge in [-0.2, -0.15) is 0 Å². The van der Waals surface area contributed by atoms with Crippen LogP contribution in [0, 0.1) is 0 Å². The lowest BCUT2D eigenvalue weighted by atomic mass is 10.1. The van der Waals surface area contributed by atoms with Crippen molar-refractivity contribution in [2.45, 2.75) is 13.0 Å². The number of amides is 1. The molecule has 0 spiro atoms. The van der Waals surface area contributed by atoms with Gasteiger partial charge in [0.25, 0.3) is 0 Å². The Morgan fingerprint density at radius 2 is 2.05 bits per heavy atom. The van der Waals surface area contributed by atoms with Crippen molar-refractivity contribution in [1.82, 2.24) is 5.32 Å². The Hall–Kier alpha value is -1.24. The van der Waals surface area contributed by atoms with Crippen molar-refractivity contribution in [3.8, 4) is 0 Å². The molecule has 0 saturated heterocycles. The van der Waals surface area contributed by atoms with Crippen LogP contribution < -0.4 is 11.1 Å². The third-order valence-electron chi connectivity index (χ3n) is 2.68. The Morgan fingerprint density at radius 1 is 1.35 bits per heavy atom. The second kappa shape index (κ2) is 6.97. The van der Waals surface area contributed by atoms with Gasteiger partial charge >= 0.3 is 0 Å². The van der Waals surface area contributed by atoms with E-state index >= 15 is 0 Å². The first-order valence-electron chi connectivity index (χ1n) is 5.93. The van der Waals surface area contributed by atoms with Crippen molar-refractivity contribution in [3.05, 3.63) is 56.2 Å². The van der Waals surface area contributed by atoms with E-state index < -0.39 is 0 Å². The molecule has 3 N–H and O–H groups in total. The minimum Gasteiger partial charge on any atom is -0.389 e. The number of carbonyl (C=O) groups is 1. The molecule has 2 aromatic rings. The molecule has 1 amide bonds. The number of rotatable bonds is 5. The van der Waals surface area contributed by atoms with Crippen molar-refractivity contribution in [3.63, 3.8) is 0 Å². The Kier molecular flexibility index (Phi) is 5.28. The molecule has 0 bridgehead atoms. The van der Waals surface area contributed by atoms with E-state index in [1.807, 2.05) is 35.7 Å². The molecule has 0 radical (unpaired) electrons. The Balaban J connectivity index is 1.86. The van der Waals surface area contributed by atoms with Crippen LogP contribution in [0.25, 0.3) is 0 Å². The largest absolute Gasteiger partial charge is 0.389 e. The van der Waals surface area contributed by atoms with Crippen molar-refractivity contribution >= 4 is 50.4 Å². The summed E-state index contributed by atoms with van der Waals surface area (Å²) in [6.07, 6.45) is 0.351. The number of thiocarbonyl (C=S) groups is 1. The fraction of sp³-hybridized carbons (Fsp3) is 0.143. The number of benzene rings is 1. The van der Waals surface area contributed by atoms with Crippen molar-refractivity contribution in [2.75, 3.05) is 0 Å². The van der Waals surface area contributed by atoms with Gasteiger partial charge in [0.15, 0.2) is 0 Å². The van der Waals surface area contributed by atoms with Crippen LogP contribution in [0.5, 0.6) is 0 Å². The molecular weight excluding hydrogens is 356 g/mol. The van der Waals surface area contributed by atoms with Gasteiger partial charge in [-0.05, 0) is 27.6 Å². The van der Waals surface area contributed by atoms with E-state index in [2.05, 4.69) is 21.2 Å². The molecule has 0 aliphatic carbocycles. The molecule has 2 rings (SSSR count). The van der Waals surface area contributed by atoms with Gasteiger partial charge in [-0.25, -0.2) is 0 Å². The third kappa shape index (κ3) is 4.40. The number of carbonyl (C=O) groups excluding carboxylic acids is 1. The molecule has 0 atom stereocenters. The molecule has 0 aliphatic heterocycles. The Labute approximate surface area is 135 Å². The predicted molar refractivity (Wildman–Crippen MR) is 89.9 cm³/mol. The van der Waals surface area contributed by atoms with Crippen LogP contribution in [-0.4, -0.2) is 10.9 Å². The lowest BCUT2D eigenvalue weighted by molar-refractivity contribution is -0.120. The van der Waals surface area contributed by atoms with Gasteiger partial charge in [-0.3, -0.25) is 4.79 Å². The van der Waals surface area contributed by atoms with Gasteiger partial charge in [0, 0.05) is 20.3 Å². The maximum absolute atomic E-state index is 11.8. The summed E-state index contributed by atoms with van der Waals surface area (Å²) < 4.78 is 1.04. The van der Waals surface area contributed by atoms with Gasteiger partial charge in [-0.1, -0.05) is 36.5 Å². The molecule has 0 unspecified atom stereocenters. The maximum Gasteiger partial charge on any atom is 0.224 e. The first kappa shape index (κ1) is 15.2. The average Bonchev–Trinajstić information content (AvgIpc) is 2.83. The second-order valence-electron chi connectivity index (χ2n) is 4.25. The summed E-state index contributed by atoms with van der Waals surface area (Å²) in [4.78, 5) is 13.3. The zero-order valence-electron chi connectivity index (χ0n) is 10.6. The van der Waals surface area contributed by atoms with Gasteiger partial charge in [0.05, 0.1) is 13.0 Å². The molecule has 3 nitrogen and oxygen atoms in total. The van der Waals surface area contributed by atoms with Crippen LogP contribution in [0.1, 0.15) is 16.0 Å². The smallest absolute Gasteiger partial charge is 0.224 e. The standard InChI is InChI=1S/C14H13BrN2OS2/c15-11-6-12(20-8-11)7-17-13(18)5-9-1-3-10(4-2-9)14(16)19/h1-4,6,8H,5,7H2,(H2,16,19)(H,17,18). The second-order valence-corrected chi connectivity index (χ2v) is 6.60. The predicted octanol–water partition coefficient (Wildman–Crippen LogP) is 3.00. The highest BCUT2D eigenvalue weighted by Gasteiger charge is 2.05. The molecule has 6 heteroatoms. The molecule has 1 aromatic carbocycles. The lowest BCUT2D eigenvalue weighted by Gasteiger charge is -2.05. The zero-order valence-corrected chi connectivity index (χ0v) is 13.8. The summed E-state index contributed by atoms with van der Waals surface area (Å²) in [5.74, 6) is -0.00222. The molecule has 20 heavy (non-hydrogen) atoms. The van der Waals surface area contributed by atoms with E-state index in [1.54, 1.807) is 11.3 Å². The van der Waals surface area contributed by atoms with E-state index in [9.17, 15) is 4.79 Å². The van der Waals surface area contributed by atoms with Crippen LogP contribution in [0.3, 0.4) is 0 Å². The Bertz CT molecular complexity index is 622. The quantitative estimate of drug-likeness (QED) is 0.797. The van der Waals surface area contributed by atoms with Gasteiger partial charge in [0.2, 0.25) is 5.91 Å². The molecule has 1 heterocycles. The van der Waals surface area contributed by atoms with Crippen LogP contribution in [0.15, 0.2) is 40.2 Å². The summed E-state index contributed by atoms with van der Waals surface area (Å²) >= 11 is 9.89. The van der Waals surface area contributed by atoms with Gasteiger partial charge < -0.3 is 11.1 Å². The topological polar surface area (TPSA) is 55.1 Å². The minimum absolute atomic E-state index is 0.00222. The molecule has 0 fully saturated rings. The van der Waals surface area contributed by atoms with Crippen molar-refractivity contribution in [1.29, 1.82) is 0 Å². The first-order valence-corrected chi connectivity index (χ1v) is 8.01. The minimum atomic E-state index is -0.00222. The van der Waals surface area contributed by atoms with E-state index in [1.165, 1.54) is 0 Å². The number of halogens is 1. The van der Waals surface area contributed by atoms with Gasteiger partial charge in [0.1, 0.15) is 4.99 Å². The van der Waals surface area contributed by atoms with E-state index in [0.717, 1.165) is 20.5 Å². The lowest BCUT2D eigenvalue weighted by Crippen LogP contribution is -2.24. The normalized spacial score (nSPS) is 10.2. The molecule has 1 aromatic heterocycles. The van der Waals surface area contributed by atoms with Gasteiger partial charge in [-0.15, -0.1) is 11.3 Å². The summed E-state index contributed by atoms with van der Waals surface area (Å²) in [6, 6.07) is 9.41. The average molecular weight is 369 g/mol. The highest BCUT2D eigenvalue weighted by Crippen LogP contribution is 2.19. The van der Waals surface area contributed by atoms with Crippen LogP contribution in [-0.2, 0) is 17.8 Å². The Morgan fingerprint density at radius 3 is 2.60 bits per heavy atom. The highest BCUT2D eigenvalue weighted by molar-refractivity contribution is 9.10. The summed E-state index contributed by atoms with van der Waals surface area (Å²) in [5.41, 5.74) is 7.28.